The summed E-state index contributed by atoms with van der Waals surface area (Å²) in [5.74, 6) is 1.69. The number of likely N-dealkylation sites (tertiary alicyclic amines) is 1. The van der Waals surface area contributed by atoms with E-state index in [0.29, 0.717) is 66.5 Å². The van der Waals surface area contributed by atoms with Crippen LogP contribution >= 0.6 is 0 Å². The number of anilines is 1. The Morgan fingerprint density at radius 3 is 2.61 bits per heavy atom. The molecule has 184 valence electrons. The molecule has 6 rings (SSSR count). The van der Waals surface area contributed by atoms with Gasteiger partial charge in [-0.15, -0.1) is 10.2 Å². The molecule has 0 atom stereocenters. The monoisotopic (exact) mass is 484 g/mol. The third kappa shape index (κ3) is 4.19. The van der Waals surface area contributed by atoms with Gasteiger partial charge in [0, 0.05) is 36.7 Å². The third-order valence-electron chi connectivity index (χ3n) is 7.39. The number of rotatable bonds is 6. The number of piperidine rings is 1. The number of nitrogens with zero attached hydrogens (tertiary/aromatic N) is 6. The van der Waals surface area contributed by atoms with E-state index in [-0.39, 0.29) is 17.6 Å². The van der Waals surface area contributed by atoms with Crippen LogP contribution in [-0.2, 0) is 11.3 Å². The first kappa shape index (κ1) is 22.6. The summed E-state index contributed by atoms with van der Waals surface area (Å²) in [6.45, 7) is 3.29. The van der Waals surface area contributed by atoms with Crippen molar-refractivity contribution in [1.82, 2.24) is 24.6 Å². The van der Waals surface area contributed by atoms with Gasteiger partial charge in [-0.05, 0) is 74.4 Å². The maximum absolute atomic E-state index is 13.2. The first-order chi connectivity index (χ1) is 17.5. The molecule has 0 spiro atoms. The van der Waals surface area contributed by atoms with E-state index < -0.39 is 0 Å². The van der Waals surface area contributed by atoms with E-state index >= 15 is 0 Å². The largest absolute Gasteiger partial charge is 0.339 e. The fraction of sp³-hybridized carbons (Fsp3) is 0.407. The van der Waals surface area contributed by atoms with Gasteiger partial charge in [-0.3, -0.25) is 14.5 Å². The summed E-state index contributed by atoms with van der Waals surface area (Å²) in [5, 5.41) is 8.31. The van der Waals surface area contributed by atoms with E-state index in [1.165, 1.54) is 0 Å². The Kier molecular flexibility index (Phi) is 5.62. The summed E-state index contributed by atoms with van der Waals surface area (Å²) in [5.41, 5.74) is 2.70. The molecule has 4 heterocycles. The van der Waals surface area contributed by atoms with Crippen LogP contribution in [0.4, 0.5) is 5.82 Å². The van der Waals surface area contributed by atoms with Crippen molar-refractivity contribution < 1.29 is 14.4 Å². The van der Waals surface area contributed by atoms with Crippen molar-refractivity contribution >= 4 is 23.4 Å². The number of carbonyl (C=O) groups is 3. The average Bonchev–Trinajstić information content (AvgIpc) is 3.52. The molecule has 0 N–H and O–H groups in total. The molecule has 1 aromatic carbocycles. The van der Waals surface area contributed by atoms with E-state index in [1.807, 2.05) is 33.7 Å². The van der Waals surface area contributed by atoms with Crippen LogP contribution < -0.4 is 4.90 Å². The Labute approximate surface area is 209 Å². The first-order valence-corrected chi connectivity index (χ1v) is 12.6. The Morgan fingerprint density at radius 1 is 1.06 bits per heavy atom. The summed E-state index contributed by atoms with van der Waals surface area (Å²) in [6.07, 6.45) is 6.25. The maximum Gasteiger partial charge on any atom is 0.260 e. The number of carbonyl (C=O) groups excluding carboxylic acids is 3. The van der Waals surface area contributed by atoms with Crippen LogP contribution in [0.15, 0.2) is 42.7 Å². The van der Waals surface area contributed by atoms with Crippen LogP contribution in [-0.4, -0.2) is 55.3 Å². The van der Waals surface area contributed by atoms with Gasteiger partial charge in [0.1, 0.15) is 23.6 Å². The standard InChI is InChI=1S/C27H28N6O3/c1-17(34)13-18-9-11-31(12-10-18)26(35)19-5-8-22-20(14-19)15-32(27(22)36)24-4-2-3-23(29-24)25-30-28-16-33(25)21-6-7-21/h2-5,8,14,16,18,21H,6-7,9-13,15H2,1H3. The molecule has 0 bridgehead atoms. The second kappa shape index (κ2) is 8.96. The maximum atomic E-state index is 13.2. The van der Waals surface area contributed by atoms with Gasteiger partial charge >= 0.3 is 0 Å². The number of benzene rings is 1. The molecule has 3 aliphatic rings. The number of ketones is 1. The fourth-order valence-electron chi connectivity index (χ4n) is 5.31. The topological polar surface area (TPSA) is 101 Å². The van der Waals surface area contributed by atoms with E-state index in [0.717, 1.165) is 31.2 Å². The zero-order chi connectivity index (χ0) is 24.8. The molecule has 2 aliphatic heterocycles. The van der Waals surface area contributed by atoms with Crippen molar-refractivity contribution in [3.05, 3.63) is 59.4 Å². The lowest BCUT2D eigenvalue weighted by Crippen LogP contribution is -2.38. The number of Topliss-reactive ketones (excluding diaryl/α,β-unsaturated/α-hetero) is 1. The molecule has 3 aromatic rings. The molecule has 1 saturated heterocycles. The fourth-order valence-corrected chi connectivity index (χ4v) is 5.31. The summed E-state index contributed by atoms with van der Waals surface area (Å²) in [7, 11) is 0. The van der Waals surface area contributed by atoms with Gasteiger partial charge in [-0.2, -0.15) is 0 Å². The number of pyridine rings is 1. The van der Waals surface area contributed by atoms with Crippen molar-refractivity contribution in [3.8, 4) is 11.5 Å². The number of hydrogen-bond donors (Lipinski definition) is 0. The number of aromatic nitrogens is 4. The molecular formula is C27H28N6O3. The summed E-state index contributed by atoms with van der Waals surface area (Å²) in [6, 6.07) is 11.3. The van der Waals surface area contributed by atoms with Gasteiger partial charge in [0.05, 0.1) is 6.54 Å². The second-order valence-electron chi connectivity index (χ2n) is 10.1. The average molecular weight is 485 g/mol. The molecule has 2 amide bonds. The van der Waals surface area contributed by atoms with Crippen LogP contribution in [0.1, 0.15) is 71.3 Å². The van der Waals surface area contributed by atoms with Crippen LogP contribution in [0.5, 0.6) is 0 Å². The van der Waals surface area contributed by atoms with Crippen molar-refractivity contribution in [2.45, 2.75) is 51.6 Å². The molecule has 0 unspecified atom stereocenters. The molecule has 9 nitrogen and oxygen atoms in total. The summed E-state index contributed by atoms with van der Waals surface area (Å²) in [4.78, 5) is 46.0. The second-order valence-corrected chi connectivity index (χ2v) is 10.1. The number of hydrogen-bond acceptors (Lipinski definition) is 6. The van der Waals surface area contributed by atoms with E-state index in [9.17, 15) is 14.4 Å². The lowest BCUT2D eigenvalue weighted by molar-refractivity contribution is -0.118. The van der Waals surface area contributed by atoms with Gasteiger partial charge in [0.2, 0.25) is 0 Å². The molecule has 1 aliphatic carbocycles. The zero-order valence-corrected chi connectivity index (χ0v) is 20.3. The quantitative estimate of drug-likeness (QED) is 0.529. The summed E-state index contributed by atoms with van der Waals surface area (Å²) >= 11 is 0. The van der Waals surface area contributed by atoms with Crippen LogP contribution in [0.25, 0.3) is 11.5 Å². The minimum atomic E-state index is -0.123. The predicted octanol–water partition coefficient (Wildman–Crippen LogP) is 3.67. The lowest BCUT2D eigenvalue weighted by Gasteiger charge is -2.31. The third-order valence-corrected chi connectivity index (χ3v) is 7.39. The van der Waals surface area contributed by atoms with Gasteiger partial charge in [0.25, 0.3) is 11.8 Å². The molecule has 9 heteroatoms. The molecular weight excluding hydrogens is 456 g/mol. The molecule has 36 heavy (non-hydrogen) atoms. The highest BCUT2D eigenvalue weighted by molar-refractivity contribution is 6.10. The molecule has 0 radical (unpaired) electrons. The molecule has 2 fully saturated rings. The zero-order valence-electron chi connectivity index (χ0n) is 20.3. The van der Waals surface area contributed by atoms with Crippen molar-refractivity contribution in [3.63, 3.8) is 0 Å². The lowest BCUT2D eigenvalue weighted by atomic mass is 9.91. The Hall–Kier alpha value is -3.88. The van der Waals surface area contributed by atoms with Crippen molar-refractivity contribution in [2.75, 3.05) is 18.0 Å². The van der Waals surface area contributed by atoms with Gasteiger partial charge in [-0.1, -0.05) is 6.07 Å². The number of fused-ring (bicyclic) bond motifs is 1. The van der Waals surface area contributed by atoms with Crippen LogP contribution in [0.2, 0.25) is 0 Å². The molecule has 1 saturated carbocycles. The first-order valence-electron chi connectivity index (χ1n) is 12.6. The van der Waals surface area contributed by atoms with E-state index in [2.05, 4.69) is 10.2 Å². The van der Waals surface area contributed by atoms with E-state index in [1.54, 1.807) is 30.3 Å². The predicted molar refractivity (Wildman–Crippen MR) is 132 cm³/mol. The molecule has 2 aromatic heterocycles. The Bertz CT molecular complexity index is 1350. The van der Waals surface area contributed by atoms with Crippen LogP contribution in [0.3, 0.4) is 0 Å². The van der Waals surface area contributed by atoms with Crippen molar-refractivity contribution in [1.29, 1.82) is 0 Å². The highest BCUT2D eigenvalue weighted by atomic mass is 16.2. The van der Waals surface area contributed by atoms with Gasteiger partial charge in [-0.25, -0.2) is 4.98 Å². The number of amides is 2. The summed E-state index contributed by atoms with van der Waals surface area (Å²) < 4.78 is 2.05. The van der Waals surface area contributed by atoms with E-state index in [4.69, 9.17) is 4.98 Å². The van der Waals surface area contributed by atoms with Crippen molar-refractivity contribution in [2.24, 2.45) is 5.92 Å². The highest BCUT2D eigenvalue weighted by Crippen LogP contribution is 2.37. The SMILES string of the molecule is CC(=O)CC1CCN(C(=O)c2ccc3c(c2)CN(c2cccc(-c4nncn4C4CC4)n2)C3=O)CC1. The smallest absolute Gasteiger partial charge is 0.260 e. The van der Waals surface area contributed by atoms with Gasteiger partial charge < -0.3 is 14.3 Å². The minimum absolute atomic E-state index is 0.0236. The normalized spacial score (nSPS) is 18.0. The Balaban J connectivity index is 1.19. The van der Waals surface area contributed by atoms with Gasteiger partial charge in [0.15, 0.2) is 5.82 Å². The highest BCUT2D eigenvalue weighted by Gasteiger charge is 2.32. The Morgan fingerprint density at radius 2 is 1.86 bits per heavy atom. The minimum Gasteiger partial charge on any atom is -0.339 e. The van der Waals surface area contributed by atoms with Crippen LogP contribution in [0, 0.1) is 5.92 Å².